The van der Waals surface area contributed by atoms with Gasteiger partial charge in [-0.3, -0.25) is 0 Å². The molecule has 0 heterocycles. The number of hydrogen-bond acceptors (Lipinski definition) is 6. The lowest BCUT2D eigenvalue weighted by Gasteiger charge is -2.08. The summed E-state index contributed by atoms with van der Waals surface area (Å²) in [6, 6.07) is 23.8. The summed E-state index contributed by atoms with van der Waals surface area (Å²) in [5.41, 5.74) is 0.630. The van der Waals surface area contributed by atoms with Crippen molar-refractivity contribution < 1.29 is 28.5 Å². The Morgan fingerprint density at radius 1 is 0.593 bits per heavy atom. The summed E-state index contributed by atoms with van der Waals surface area (Å²) in [7, 11) is 0. The van der Waals surface area contributed by atoms with Gasteiger partial charge in [-0.15, -0.1) is 0 Å². The molecule has 3 rings (SSSR count). The fraction of sp³-hybridized carbons (Fsp3) is 0.0476. The highest BCUT2D eigenvalue weighted by molar-refractivity contribution is 5.67. The molecule has 0 bridgehead atoms. The summed E-state index contributed by atoms with van der Waals surface area (Å²) < 4.78 is 20.3. The second kappa shape index (κ2) is 9.05. The predicted octanol–water partition coefficient (Wildman–Crippen LogP) is 4.98. The van der Waals surface area contributed by atoms with Crippen LogP contribution in [0, 0.1) is 0 Å². The second-order valence-corrected chi connectivity index (χ2v) is 5.37. The Hall–Kier alpha value is -3.80. The lowest BCUT2D eigenvalue weighted by atomic mass is 10.2. The van der Waals surface area contributed by atoms with Crippen molar-refractivity contribution in [1.82, 2.24) is 0 Å². The summed E-state index contributed by atoms with van der Waals surface area (Å²) >= 11 is 0. The van der Waals surface area contributed by atoms with E-state index in [-0.39, 0.29) is 12.4 Å². The standard InChI is InChI=1S/C21H16O6/c22-20(25-17-9-3-1-4-10-17)24-15-16-8-7-13-19(14-16)27-21(23)26-18-11-5-2-6-12-18/h1-14H,15H2. The van der Waals surface area contributed by atoms with Crippen LogP contribution in [-0.2, 0) is 11.3 Å². The normalized spacial score (nSPS) is 9.93. The van der Waals surface area contributed by atoms with E-state index in [1.807, 2.05) is 12.1 Å². The van der Waals surface area contributed by atoms with Crippen LogP contribution in [0.5, 0.6) is 17.2 Å². The number of benzene rings is 3. The minimum absolute atomic E-state index is 0.0312. The van der Waals surface area contributed by atoms with Crippen LogP contribution >= 0.6 is 0 Å². The first-order valence-electron chi connectivity index (χ1n) is 8.12. The molecule has 0 radical (unpaired) electrons. The molecule has 0 fully saturated rings. The maximum absolute atomic E-state index is 11.8. The summed E-state index contributed by atoms with van der Waals surface area (Å²) in [6.45, 7) is -0.0312. The molecule has 27 heavy (non-hydrogen) atoms. The van der Waals surface area contributed by atoms with Gasteiger partial charge >= 0.3 is 12.3 Å². The highest BCUT2D eigenvalue weighted by atomic mass is 16.7. The third-order valence-electron chi connectivity index (χ3n) is 3.35. The largest absolute Gasteiger partial charge is 0.519 e. The number of hydrogen-bond donors (Lipinski definition) is 0. The van der Waals surface area contributed by atoms with E-state index in [4.69, 9.17) is 18.9 Å². The van der Waals surface area contributed by atoms with Crippen molar-refractivity contribution in [3.63, 3.8) is 0 Å². The van der Waals surface area contributed by atoms with Gasteiger partial charge in [0, 0.05) is 0 Å². The van der Waals surface area contributed by atoms with Gasteiger partial charge in [-0.25, -0.2) is 9.59 Å². The first-order chi connectivity index (χ1) is 13.2. The van der Waals surface area contributed by atoms with Crippen LogP contribution in [-0.4, -0.2) is 12.3 Å². The summed E-state index contributed by atoms with van der Waals surface area (Å²) in [5, 5.41) is 0. The van der Waals surface area contributed by atoms with Crippen LogP contribution in [0.15, 0.2) is 84.9 Å². The van der Waals surface area contributed by atoms with Crippen molar-refractivity contribution in [2.45, 2.75) is 6.61 Å². The molecule has 6 heteroatoms. The highest BCUT2D eigenvalue weighted by Gasteiger charge is 2.10. The molecule has 0 amide bonds. The van der Waals surface area contributed by atoms with Gasteiger partial charge in [-0.1, -0.05) is 48.5 Å². The van der Waals surface area contributed by atoms with Gasteiger partial charge in [0.2, 0.25) is 0 Å². The first kappa shape index (κ1) is 18.0. The summed E-state index contributed by atoms with van der Waals surface area (Å²) in [4.78, 5) is 23.5. The van der Waals surface area contributed by atoms with E-state index >= 15 is 0 Å². The van der Waals surface area contributed by atoms with Crippen molar-refractivity contribution in [1.29, 1.82) is 0 Å². The van der Waals surface area contributed by atoms with E-state index in [1.165, 1.54) is 0 Å². The van der Waals surface area contributed by atoms with Gasteiger partial charge in [-0.05, 0) is 42.0 Å². The molecule has 0 atom stereocenters. The SMILES string of the molecule is O=C(OCc1cccc(OC(=O)Oc2ccccc2)c1)Oc1ccccc1. The zero-order chi connectivity index (χ0) is 18.9. The molecule has 0 aliphatic carbocycles. The minimum Gasteiger partial charge on any atom is -0.429 e. The maximum atomic E-state index is 11.8. The number of ether oxygens (including phenoxy) is 4. The lowest BCUT2D eigenvalue weighted by Crippen LogP contribution is -2.14. The average Bonchev–Trinajstić information content (AvgIpc) is 2.68. The Bertz CT molecular complexity index is 893. The zero-order valence-electron chi connectivity index (χ0n) is 14.2. The van der Waals surface area contributed by atoms with Gasteiger partial charge in [0.15, 0.2) is 0 Å². The molecule has 3 aromatic rings. The van der Waals surface area contributed by atoms with Crippen molar-refractivity contribution >= 4 is 12.3 Å². The third kappa shape index (κ3) is 5.89. The Morgan fingerprint density at radius 2 is 1.11 bits per heavy atom. The van der Waals surface area contributed by atoms with Crippen LogP contribution in [0.1, 0.15) is 5.56 Å². The third-order valence-corrected chi connectivity index (χ3v) is 3.35. The molecule has 3 aromatic carbocycles. The summed E-state index contributed by atoms with van der Waals surface area (Å²) in [5.74, 6) is 1.04. The second-order valence-electron chi connectivity index (χ2n) is 5.37. The molecule has 0 saturated carbocycles. The van der Waals surface area contributed by atoms with Gasteiger partial charge in [-0.2, -0.15) is 0 Å². The van der Waals surface area contributed by atoms with Crippen LogP contribution in [0.2, 0.25) is 0 Å². The first-order valence-corrected chi connectivity index (χ1v) is 8.12. The van der Waals surface area contributed by atoms with E-state index in [0.29, 0.717) is 17.1 Å². The fourth-order valence-corrected chi connectivity index (χ4v) is 2.16. The maximum Gasteiger partial charge on any atom is 0.519 e. The van der Waals surface area contributed by atoms with Gasteiger partial charge in [0.1, 0.15) is 23.9 Å². The van der Waals surface area contributed by atoms with Gasteiger partial charge < -0.3 is 18.9 Å². The van der Waals surface area contributed by atoms with E-state index in [1.54, 1.807) is 72.8 Å². The molecule has 0 unspecified atom stereocenters. The van der Waals surface area contributed by atoms with Crippen LogP contribution in [0.25, 0.3) is 0 Å². The Labute approximate surface area is 155 Å². The zero-order valence-corrected chi connectivity index (χ0v) is 14.2. The van der Waals surface area contributed by atoms with Crippen molar-refractivity contribution in [3.05, 3.63) is 90.5 Å². The van der Waals surface area contributed by atoms with Gasteiger partial charge in [0.05, 0.1) is 0 Å². The van der Waals surface area contributed by atoms with Crippen molar-refractivity contribution in [2.24, 2.45) is 0 Å². The Morgan fingerprint density at radius 3 is 1.74 bits per heavy atom. The van der Waals surface area contributed by atoms with Crippen molar-refractivity contribution in [2.75, 3.05) is 0 Å². The monoisotopic (exact) mass is 364 g/mol. The molecule has 0 aromatic heterocycles. The molecule has 0 aliphatic heterocycles. The lowest BCUT2D eigenvalue weighted by molar-refractivity contribution is 0.0926. The molecule has 0 spiro atoms. The van der Waals surface area contributed by atoms with E-state index < -0.39 is 12.3 Å². The molecule has 136 valence electrons. The molecule has 0 saturated heterocycles. The minimum atomic E-state index is -0.859. The van der Waals surface area contributed by atoms with Crippen LogP contribution < -0.4 is 14.2 Å². The average molecular weight is 364 g/mol. The predicted molar refractivity (Wildman–Crippen MR) is 96.8 cm³/mol. The smallest absolute Gasteiger partial charge is 0.429 e. The fourth-order valence-electron chi connectivity index (χ4n) is 2.16. The molecular formula is C21H16O6. The van der Waals surface area contributed by atoms with Crippen molar-refractivity contribution in [3.8, 4) is 17.2 Å². The number of rotatable bonds is 5. The van der Waals surface area contributed by atoms with E-state index in [2.05, 4.69) is 0 Å². The Kier molecular flexibility index (Phi) is 6.04. The number of carbonyl (C=O) groups excluding carboxylic acids is 2. The number of para-hydroxylation sites is 2. The van der Waals surface area contributed by atoms with Crippen LogP contribution in [0.4, 0.5) is 9.59 Å². The molecule has 6 nitrogen and oxygen atoms in total. The molecular weight excluding hydrogens is 348 g/mol. The number of carbonyl (C=O) groups is 2. The molecule has 0 aliphatic rings. The molecule has 0 N–H and O–H groups in total. The topological polar surface area (TPSA) is 71.1 Å². The van der Waals surface area contributed by atoms with Gasteiger partial charge in [0.25, 0.3) is 0 Å². The van der Waals surface area contributed by atoms with Crippen LogP contribution in [0.3, 0.4) is 0 Å². The quantitative estimate of drug-likeness (QED) is 0.470. The Balaban J connectivity index is 1.51. The highest BCUT2D eigenvalue weighted by Crippen LogP contribution is 2.17. The summed E-state index contributed by atoms with van der Waals surface area (Å²) in [6.07, 6.45) is -1.68. The van der Waals surface area contributed by atoms with E-state index in [9.17, 15) is 9.59 Å². The van der Waals surface area contributed by atoms with E-state index in [0.717, 1.165) is 0 Å².